The molecule has 98 valence electrons. The lowest BCUT2D eigenvalue weighted by Gasteiger charge is -2.60. The fourth-order valence-electron chi connectivity index (χ4n) is 3.88. The first kappa shape index (κ1) is 12.9. The molecule has 3 nitrogen and oxygen atoms in total. The van der Waals surface area contributed by atoms with Gasteiger partial charge in [-0.25, -0.2) is 0 Å². The Morgan fingerprint density at radius 3 is 2.71 bits per heavy atom. The topological polar surface area (TPSA) is 29.5 Å². The van der Waals surface area contributed by atoms with E-state index < -0.39 is 0 Å². The Morgan fingerprint density at radius 1 is 1.47 bits per heavy atom. The predicted molar refractivity (Wildman–Crippen MR) is 67.6 cm³/mol. The molecular weight excluding hydrogens is 214 g/mol. The Bertz CT molecular complexity index is 317. The van der Waals surface area contributed by atoms with Gasteiger partial charge in [0.15, 0.2) is 0 Å². The first-order valence-corrected chi connectivity index (χ1v) is 6.80. The van der Waals surface area contributed by atoms with Crippen molar-refractivity contribution in [1.82, 2.24) is 4.90 Å². The second kappa shape index (κ2) is 4.27. The van der Waals surface area contributed by atoms with Crippen LogP contribution in [-0.4, -0.2) is 36.6 Å². The van der Waals surface area contributed by atoms with E-state index >= 15 is 0 Å². The second-order valence-electron chi connectivity index (χ2n) is 6.11. The normalized spacial score (nSPS) is 45.9. The molecule has 5 atom stereocenters. The Kier molecular flexibility index (Phi) is 3.23. The fraction of sp³-hybridized carbons (Fsp3) is 0.929. The zero-order valence-corrected chi connectivity index (χ0v) is 11.7. The molecule has 0 aromatic rings. The number of nitrogens with zero attached hydrogens (tertiary/aromatic N) is 1. The Hall–Kier alpha value is -0.570. The highest BCUT2D eigenvalue weighted by atomic mass is 16.5. The van der Waals surface area contributed by atoms with E-state index in [-0.39, 0.29) is 17.3 Å². The van der Waals surface area contributed by atoms with Gasteiger partial charge in [-0.05, 0) is 45.1 Å². The smallest absolute Gasteiger partial charge is 0.310 e. The number of hydrogen-bond acceptors (Lipinski definition) is 3. The number of hydrogen-bond donors (Lipinski definition) is 0. The van der Waals surface area contributed by atoms with Gasteiger partial charge in [0.25, 0.3) is 0 Å². The molecule has 1 aliphatic carbocycles. The van der Waals surface area contributed by atoms with Crippen molar-refractivity contribution >= 4 is 5.97 Å². The minimum absolute atomic E-state index is 0.00868. The van der Waals surface area contributed by atoms with Crippen LogP contribution in [0.5, 0.6) is 0 Å². The number of piperidine rings is 2. The molecule has 0 radical (unpaired) electrons. The van der Waals surface area contributed by atoms with Gasteiger partial charge in [0, 0.05) is 12.1 Å². The first-order chi connectivity index (χ1) is 7.91. The van der Waals surface area contributed by atoms with Gasteiger partial charge in [-0.15, -0.1) is 0 Å². The van der Waals surface area contributed by atoms with Crippen molar-refractivity contribution < 1.29 is 9.53 Å². The van der Waals surface area contributed by atoms with Gasteiger partial charge in [-0.3, -0.25) is 9.69 Å². The Labute approximate surface area is 105 Å². The third kappa shape index (κ3) is 1.79. The molecule has 2 aliphatic heterocycles. The number of esters is 1. The third-order valence-electron chi connectivity index (χ3n) is 5.52. The molecule has 0 spiro atoms. The molecule has 2 bridgehead atoms. The molecule has 0 aromatic heterocycles. The van der Waals surface area contributed by atoms with Crippen LogP contribution < -0.4 is 0 Å². The van der Waals surface area contributed by atoms with E-state index in [0.29, 0.717) is 24.6 Å². The highest BCUT2D eigenvalue weighted by molar-refractivity contribution is 5.74. The molecule has 0 amide bonds. The molecule has 0 aromatic carbocycles. The summed E-state index contributed by atoms with van der Waals surface area (Å²) in [6.07, 6.45) is 2.12. The number of rotatable bonds is 2. The van der Waals surface area contributed by atoms with Crippen molar-refractivity contribution in [3.63, 3.8) is 0 Å². The summed E-state index contributed by atoms with van der Waals surface area (Å²) >= 11 is 0. The summed E-state index contributed by atoms with van der Waals surface area (Å²) in [5.41, 5.74) is 0.251. The SMILES string of the molecule is CCOC(=O)C1CC2(C)C(C)CC1N(C)C2C. The van der Waals surface area contributed by atoms with Crippen LogP contribution in [0.4, 0.5) is 0 Å². The zero-order chi connectivity index (χ0) is 12.8. The highest BCUT2D eigenvalue weighted by Gasteiger charge is 2.56. The van der Waals surface area contributed by atoms with Crippen LogP contribution in [0.25, 0.3) is 0 Å². The Balaban J connectivity index is 2.23. The summed E-state index contributed by atoms with van der Waals surface area (Å²) in [4.78, 5) is 14.4. The molecule has 1 saturated carbocycles. The standard InChI is InChI=1S/C14H25NO2/c1-6-17-13(16)11-8-14(4)9(2)7-12(11)15(5)10(14)3/h9-12H,6-8H2,1-5H3. The average molecular weight is 239 g/mol. The molecule has 3 rings (SSSR count). The van der Waals surface area contributed by atoms with Crippen molar-refractivity contribution in [2.45, 2.75) is 52.6 Å². The summed E-state index contributed by atoms with van der Waals surface area (Å²) in [5.74, 6) is 0.788. The summed E-state index contributed by atoms with van der Waals surface area (Å²) < 4.78 is 5.23. The van der Waals surface area contributed by atoms with Gasteiger partial charge >= 0.3 is 5.97 Å². The van der Waals surface area contributed by atoms with Gasteiger partial charge in [-0.1, -0.05) is 13.8 Å². The van der Waals surface area contributed by atoms with Crippen LogP contribution in [0.1, 0.15) is 40.5 Å². The van der Waals surface area contributed by atoms with E-state index in [2.05, 4.69) is 32.7 Å². The van der Waals surface area contributed by atoms with E-state index in [0.717, 1.165) is 12.8 Å². The van der Waals surface area contributed by atoms with Crippen LogP contribution >= 0.6 is 0 Å². The van der Waals surface area contributed by atoms with Gasteiger partial charge < -0.3 is 4.74 Å². The summed E-state index contributed by atoms with van der Waals surface area (Å²) in [7, 11) is 2.16. The van der Waals surface area contributed by atoms with Crippen molar-refractivity contribution in [3.05, 3.63) is 0 Å². The second-order valence-corrected chi connectivity index (χ2v) is 6.11. The maximum Gasteiger partial charge on any atom is 0.310 e. The molecule has 0 N–H and O–H groups in total. The van der Waals surface area contributed by atoms with Crippen LogP contribution in [0, 0.1) is 17.3 Å². The van der Waals surface area contributed by atoms with Crippen LogP contribution in [0.2, 0.25) is 0 Å². The molecule has 3 heteroatoms. The summed E-state index contributed by atoms with van der Waals surface area (Å²) in [6.45, 7) is 9.34. The van der Waals surface area contributed by atoms with Crippen LogP contribution in [0.15, 0.2) is 0 Å². The number of carbonyl (C=O) groups excluding carboxylic acids is 1. The fourth-order valence-corrected chi connectivity index (χ4v) is 3.88. The lowest BCUT2D eigenvalue weighted by Crippen LogP contribution is -2.65. The number of carbonyl (C=O) groups is 1. The average Bonchev–Trinajstić information content (AvgIpc) is 2.28. The van der Waals surface area contributed by atoms with Gasteiger partial charge in [0.05, 0.1) is 12.5 Å². The van der Waals surface area contributed by atoms with E-state index in [1.54, 1.807) is 0 Å². The molecule has 17 heavy (non-hydrogen) atoms. The number of fused-ring (bicyclic) bond motifs is 3. The van der Waals surface area contributed by atoms with Crippen molar-refractivity contribution in [1.29, 1.82) is 0 Å². The maximum absolute atomic E-state index is 12.0. The zero-order valence-electron chi connectivity index (χ0n) is 11.7. The van der Waals surface area contributed by atoms with Crippen molar-refractivity contribution in [2.24, 2.45) is 17.3 Å². The monoisotopic (exact) mass is 239 g/mol. The summed E-state index contributed by atoms with van der Waals surface area (Å²) in [6, 6.07) is 0.933. The van der Waals surface area contributed by atoms with E-state index in [1.807, 2.05) is 6.92 Å². The minimum atomic E-state index is 0.00868. The molecular formula is C14H25NO2. The Morgan fingerprint density at radius 2 is 2.12 bits per heavy atom. The number of ether oxygens (including phenoxy) is 1. The predicted octanol–water partition coefficient (Wildman–Crippen LogP) is 2.30. The lowest BCUT2D eigenvalue weighted by atomic mass is 9.55. The van der Waals surface area contributed by atoms with Gasteiger partial charge in [0.1, 0.15) is 0 Å². The first-order valence-electron chi connectivity index (χ1n) is 6.80. The maximum atomic E-state index is 12.0. The highest BCUT2D eigenvalue weighted by Crippen LogP contribution is 2.53. The van der Waals surface area contributed by atoms with E-state index in [4.69, 9.17) is 4.74 Å². The summed E-state index contributed by atoms with van der Waals surface area (Å²) in [5, 5.41) is 0. The molecule has 5 unspecified atom stereocenters. The lowest BCUT2D eigenvalue weighted by molar-refractivity contribution is -0.170. The third-order valence-corrected chi connectivity index (χ3v) is 5.52. The van der Waals surface area contributed by atoms with Gasteiger partial charge in [0.2, 0.25) is 0 Å². The quantitative estimate of drug-likeness (QED) is 0.693. The molecule has 3 fully saturated rings. The molecule has 2 heterocycles. The largest absolute Gasteiger partial charge is 0.466 e. The van der Waals surface area contributed by atoms with E-state index in [1.165, 1.54) is 0 Å². The molecule has 3 aliphatic rings. The van der Waals surface area contributed by atoms with Gasteiger partial charge in [-0.2, -0.15) is 0 Å². The molecule has 2 saturated heterocycles. The van der Waals surface area contributed by atoms with Crippen molar-refractivity contribution in [3.8, 4) is 0 Å². The van der Waals surface area contributed by atoms with Crippen LogP contribution in [0.3, 0.4) is 0 Å². The van der Waals surface area contributed by atoms with E-state index in [9.17, 15) is 4.79 Å². The minimum Gasteiger partial charge on any atom is -0.466 e. The van der Waals surface area contributed by atoms with Crippen molar-refractivity contribution in [2.75, 3.05) is 13.7 Å². The van der Waals surface area contributed by atoms with Crippen LogP contribution in [-0.2, 0) is 9.53 Å².